The number of carbonyl (C=O) groups excluding carboxylic acids is 1. The van der Waals surface area contributed by atoms with Crippen molar-refractivity contribution in [2.24, 2.45) is 0 Å². The molecular weight excluding hydrogens is 270 g/mol. The molecule has 0 amide bonds. The van der Waals surface area contributed by atoms with Crippen molar-refractivity contribution in [2.75, 3.05) is 13.7 Å². The molecule has 1 unspecified atom stereocenters. The number of methoxy groups -OCH3 is 1. The molecule has 0 radical (unpaired) electrons. The molecule has 1 rings (SSSR count). The van der Waals surface area contributed by atoms with E-state index in [4.69, 9.17) is 0 Å². The SMILES string of the molecule is COC(=O)C(C)S(=O)(=O)N[C@@H](CO)c1ccccc1. The van der Waals surface area contributed by atoms with E-state index in [1.54, 1.807) is 30.3 Å². The van der Waals surface area contributed by atoms with E-state index in [1.165, 1.54) is 6.92 Å². The zero-order valence-corrected chi connectivity index (χ0v) is 11.6. The summed E-state index contributed by atoms with van der Waals surface area (Å²) in [6, 6.07) is 7.83. The Kier molecular flexibility index (Phi) is 5.46. The standard InChI is InChI=1S/C12H17NO5S/c1-9(12(15)18-2)19(16,17)13-11(8-14)10-6-4-3-5-7-10/h3-7,9,11,13-14H,8H2,1-2H3/t9?,11-/m0/s1. The number of hydrogen-bond donors (Lipinski definition) is 2. The third-order valence-electron chi connectivity index (χ3n) is 2.69. The first-order valence-electron chi connectivity index (χ1n) is 5.67. The Balaban J connectivity index is 2.90. The quantitative estimate of drug-likeness (QED) is 0.729. The summed E-state index contributed by atoms with van der Waals surface area (Å²) in [5.41, 5.74) is 0.616. The van der Waals surface area contributed by atoms with E-state index in [0.29, 0.717) is 5.56 Å². The first-order valence-corrected chi connectivity index (χ1v) is 7.21. The molecule has 0 aliphatic heterocycles. The molecule has 0 heterocycles. The molecule has 0 saturated heterocycles. The average Bonchev–Trinajstić information content (AvgIpc) is 2.44. The topological polar surface area (TPSA) is 92.7 Å². The highest BCUT2D eigenvalue weighted by molar-refractivity contribution is 7.90. The van der Waals surface area contributed by atoms with Crippen LogP contribution in [0, 0.1) is 0 Å². The summed E-state index contributed by atoms with van der Waals surface area (Å²) < 4.78 is 30.6. The number of ether oxygens (including phenoxy) is 1. The normalized spacial score (nSPS) is 14.7. The van der Waals surface area contributed by atoms with Crippen LogP contribution in [0.5, 0.6) is 0 Å². The maximum atomic E-state index is 12.0. The van der Waals surface area contributed by atoms with Crippen molar-refractivity contribution >= 4 is 16.0 Å². The number of aliphatic hydroxyl groups excluding tert-OH is 1. The highest BCUT2D eigenvalue weighted by Gasteiger charge is 2.31. The number of sulfonamides is 1. The molecule has 0 aliphatic carbocycles. The van der Waals surface area contributed by atoms with Gasteiger partial charge in [-0.1, -0.05) is 30.3 Å². The lowest BCUT2D eigenvalue weighted by molar-refractivity contribution is -0.139. The summed E-state index contributed by atoms with van der Waals surface area (Å²) in [5.74, 6) is -0.850. The van der Waals surface area contributed by atoms with Crippen LogP contribution >= 0.6 is 0 Å². The van der Waals surface area contributed by atoms with Crippen molar-refractivity contribution in [3.8, 4) is 0 Å². The summed E-state index contributed by atoms with van der Waals surface area (Å²) >= 11 is 0. The Bertz CT molecular complexity index is 514. The highest BCUT2D eigenvalue weighted by Crippen LogP contribution is 2.14. The summed E-state index contributed by atoms with van der Waals surface area (Å²) in [4.78, 5) is 11.3. The van der Waals surface area contributed by atoms with E-state index >= 15 is 0 Å². The van der Waals surface area contributed by atoms with Gasteiger partial charge in [0.2, 0.25) is 10.0 Å². The van der Waals surface area contributed by atoms with Gasteiger partial charge in [-0.3, -0.25) is 4.79 Å². The van der Waals surface area contributed by atoms with E-state index < -0.39 is 33.9 Å². The molecule has 0 fully saturated rings. The number of benzene rings is 1. The van der Waals surface area contributed by atoms with Gasteiger partial charge in [-0.2, -0.15) is 0 Å². The highest BCUT2D eigenvalue weighted by atomic mass is 32.2. The molecule has 0 saturated carbocycles. The van der Waals surface area contributed by atoms with Crippen LogP contribution in [0.1, 0.15) is 18.5 Å². The van der Waals surface area contributed by atoms with Gasteiger partial charge in [-0.05, 0) is 12.5 Å². The number of carbonyl (C=O) groups is 1. The van der Waals surface area contributed by atoms with Crippen LogP contribution < -0.4 is 4.72 Å². The maximum absolute atomic E-state index is 12.0. The van der Waals surface area contributed by atoms with Crippen LogP contribution in [0.25, 0.3) is 0 Å². The largest absolute Gasteiger partial charge is 0.468 e. The van der Waals surface area contributed by atoms with Gasteiger partial charge in [0.1, 0.15) is 0 Å². The maximum Gasteiger partial charge on any atom is 0.325 e. The minimum atomic E-state index is -3.92. The number of aliphatic hydroxyl groups is 1. The molecule has 19 heavy (non-hydrogen) atoms. The number of esters is 1. The second-order valence-corrected chi connectivity index (χ2v) is 6.01. The molecule has 2 atom stereocenters. The third kappa shape index (κ3) is 4.02. The second-order valence-electron chi connectivity index (χ2n) is 3.97. The van der Waals surface area contributed by atoms with E-state index in [9.17, 15) is 18.3 Å². The molecule has 0 spiro atoms. The van der Waals surface area contributed by atoms with Gasteiger partial charge in [-0.25, -0.2) is 13.1 Å². The van der Waals surface area contributed by atoms with Crippen LogP contribution in [-0.4, -0.2) is 38.5 Å². The van der Waals surface area contributed by atoms with Crippen molar-refractivity contribution in [3.63, 3.8) is 0 Å². The lowest BCUT2D eigenvalue weighted by Gasteiger charge is -2.19. The second kappa shape index (κ2) is 6.65. The number of hydrogen-bond acceptors (Lipinski definition) is 5. The van der Waals surface area contributed by atoms with Gasteiger partial charge in [0, 0.05) is 0 Å². The van der Waals surface area contributed by atoms with Crippen LogP contribution in [0.3, 0.4) is 0 Å². The van der Waals surface area contributed by atoms with Gasteiger partial charge in [0.15, 0.2) is 5.25 Å². The lowest BCUT2D eigenvalue weighted by atomic mass is 10.1. The van der Waals surface area contributed by atoms with E-state index in [2.05, 4.69) is 9.46 Å². The minimum Gasteiger partial charge on any atom is -0.468 e. The van der Waals surface area contributed by atoms with Crippen molar-refractivity contribution < 1.29 is 23.1 Å². The molecule has 0 aliphatic rings. The van der Waals surface area contributed by atoms with Crippen LogP contribution in [0.2, 0.25) is 0 Å². The van der Waals surface area contributed by atoms with Crippen molar-refractivity contribution in [1.82, 2.24) is 4.72 Å². The van der Waals surface area contributed by atoms with Gasteiger partial charge >= 0.3 is 5.97 Å². The molecular formula is C12H17NO5S. The van der Waals surface area contributed by atoms with E-state index in [1.807, 2.05) is 0 Å². The van der Waals surface area contributed by atoms with Gasteiger partial charge in [0.05, 0.1) is 19.8 Å². The molecule has 7 heteroatoms. The Morgan fingerprint density at radius 2 is 1.95 bits per heavy atom. The molecule has 0 aromatic heterocycles. The summed E-state index contributed by atoms with van der Waals surface area (Å²) in [6.45, 7) is 0.824. The summed E-state index contributed by atoms with van der Waals surface area (Å²) in [5, 5.41) is 7.94. The molecule has 0 bridgehead atoms. The van der Waals surface area contributed by atoms with Gasteiger partial charge in [-0.15, -0.1) is 0 Å². The Labute approximate surface area is 112 Å². The van der Waals surface area contributed by atoms with Gasteiger partial charge < -0.3 is 9.84 Å². The van der Waals surface area contributed by atoms with Crippen LogP contribution in [0.15, 0.2) is 30.3 Å². The fraction of sp³-hybridized carbons (Fsp3) is 0.417. The van der Waals surface area contributed by atoms with Crippen molar-refractivity contribution in [1.29, 1.82) is 0 Å². The lowest BCUT2D eigenvalue weighted by Crippen LogP contribution is -2.41. The monoisotopic (exact) mass is 287 g/mol. The zero-order valence-electron chi connectivity index (χ0n) is 10.7. The average molecular weight is 287 g/mol. The summed E-state index contributed by atoms with van der Waals surface area (Å²) in [6.07, 6.45) is 0. The fourth-order valence-corrected chi connectivity index (χ4v) is 2.65. The zero-order chi connectivity index (χ0) is 14.5. The third-order valence-corrected chi connectivity index (χ3v) is 4.43. The van der Waals surface area contributed by atoms with Crippen LogP contribution in [-0.2, 0) is 19.6 Å². The first kappa shape index (κ1) is 15.6. The van der Waals surface area contributed by atoms with E-state index in [-0.39, 0.29) is 0 Å². The predicted octanol–water partition coefficient (Wildman–Crippen LogP) is 0.201. The van der Waals surface area contributed by atoms with E-state index in [0.717, 1.165) is 7.11 Å². The van der Waals surface area contributed by atoms with Crippen molar-refractivity contribution in [2.45, 2.75) is 18.2 Å². The smallest absolute Gasteiger partial charge is 0.325 e. The fourth-order valence-electron chi connectivity index (χ4n) is 1.49. The Hall–Kier alpha value is -1.44. The molecule has 1 aromatic carbocycles. The summed E-state index contributed by atoms with van der Waals surface area (Å²) in [7, 11) is -2.80. The van der Waals surface area contributed by atoms with Crippen LogP contribution in [0.4, 0.5) is 0 Å². The first-order chi connectivity index (χ1) is 8.92. The number of rotatable bonds is 6. The predicted molar refractivity (Wildman–Crippen MR) is 69.8 cm³/mol. The van der Waals surface area contributed by atoms with Gasteiger partial charge in [0.25, 0.3) is 0 Å². The Morgan fingerprint density at radius 1 is 1.37 bits per heavy atom. The minimum absolute atomic E-state index is 0.406. The molecule has 1 aromatic rings. The molecule has 6 nitrogen and oxygen atoms in total. The van der Waals surface area contributed by atoms with Crippen molar-refractivity contribution in [3.05, 3.63) is 35.9 Å². The Morgan fingerprint density at radius 3 is 2.42 bits per heavy atom. The molecule has 2 N–H and O–H groups in total. The number of nitrogens with one attached hydrogen (secondary N) is 1. The molecule has 106 valence electrons.